The molecular weight excluding hydrogens is 354 g/mol. The van der Waals surface area contributed by atoms with Crippen LogP contribution in [0.1, 0.15) is 24.2 Å². The maximum Gasteiger partial charge on any atom is 0.244 e. The van der Waals surface area contributed by atoms with Gasteiger partial charge in [-0.25, -0.2) is 4.98 Å². The van der Waals surface area contributed by atoms with Crippen molar-refractivity contribution in [3.63, 3.8) is 0 Å². The topological polar surface area (TPSA) is 80.2 Å². The second-order valence-electron chi connectivity index (χ2n) is 7.23. The molecule has 2 atom stereocenters. The van der Waals surface area contributed by atoms with Gasteiger partial charge >= 0.3 is 0 Å². The summed E-state index contributed by atoms with van der Waals surface area (Å²) in [5, 5.41) is 14.4. The van der Waals surface area contributed by atoms with Crippen molar-refractivity contribution in [2.45, 2.75) is 25.1 Å². The van der Waals surface area contributed by atoms with Crippen molar-refractivity contribution in [1.82, 2.24) is 24.6 Å². The minimum Gasteiger partial charge on any atom is -0.392 e. The van der Waals surface area contributed by atoms with Gasteiger partial charge in [-0.3, -0.25) is 4.90 Å². The number of fused-ring (bicyclic) bond motifs is 1. The largest absolute Gasteiger partial charge is 0.392 e. The summed E-state index contributed by atoms with van der Waals surface area (Å²) in [6.45, 7) is 1.16. The van der Waals surface area contributed by atoms with Crippen LogP contribution in [0, 0.1) is 0 Å². The van der Waals surface area contributed by atoms with Crippen molar-refractivity contribution >= 4 is 11.0 Å². The zero-order valence-electron chi connectivity index (χ0n) is 15.6. The van der Waals surface area contributed by atoms with Crippen molar-refractivity contribution in [1.29, 1.82) is 0 Å². The van der Waals surface area contributed by atoms with Crippen LogP contribution >= 0.6 is 0 Å². The average Bonchev–Trinajstić information content (AvgIpc) is 3.41. The van der Waals surface area contributed by atoms with Gasteiger partial charge in [0.1, 0.15) is 5.82 Å². The normalized spacial score (nSPS) is 20.2. The number of imidazole rings is 1. The van der Waals surface area contributed by atoms with Crippen LogP contribution in [0.3, 0.4) is 0 Å². The van der Waals surface area contributed by atoms with Gasteiger partial charge in [0, 0.05) is 19.2 Å². The first-order valence-electron chi connectivity index (χ1n) is 9.40. The van der Waals surface area contributed by atoms with E-state index in [9.17, 15) is 5.11 Å². The zero-order valence-corrected chi connectivity index (χ0v) is 15.6. The van der Waals surface area contributed by atoms with E-state index in [1.54, 1.807) is 0 Å². The molecule has 7 nitrogen and oxygen atoms in total. The molecule has 1 aliphatic heterocycles. The Balaban J connectivity index is 1.43. The zero-order chi connectivity index (χ0) is 19.1. The van der Waals surface area contributed by atoms with Crippen molar-refractivity contribution in [3.8, 4) is 11.4 Å². The van der Waals surface area contributed by atoms with E-state index in [0.717, 1.165) is 22.4 Å². The summed E-state index contributed by atoms with van der Waals surface area (Å²) in [5.41, 5.74) is 2.98. The fourth-order valence-electron chi connectivity index (χ4n) is 3.90. The van der Waals surface area contributed by atoms with E-state index in [0.29, 0.717) is 31.2 Å². The van der Waals surface area contributed by atoms with Crippen LogP contribution in [0.25, 0.3) is 22.4 Å². The summed E-state index contributed by atoms with van der Waals surface area (Å²) >= 11 is 0. The molecule has 1 N–H and O–H groups in total. The molecule has 7 heteroatoms. The number of hydrogen-bond acceptors (Lipinski definition) is 6. The van der Waals surface area contributed by atoms with Crippen LogP contribution in [-0.2, 0) is 13.6 Å². The Kier molecular flexibility index (Phi) is 4.18. The first-order valence-corrected chi connectivity index (χ1v) is 9.40. The molecule has 1 saturated heterocycles. The van der Waals surface area contributed by atoms with E-state index in [1.807, 2.05) is 55.6 Å². The van der Waals surface area contributed by atoms with Gasteiger partial charge in [0.15, 0.2) is 0 Å². The molecule has 1 aliphatic rings. The van der Waals surface area contributed by atoms with Gasteiger partial charge in [-0.05, 0) is 18.6 Å². The lowest BCUT2D eigenvalue weighted by molar-refractivity contribution is 0.167. The molecule has 0 saturated carbocycles. The number of rotatable bonds is 4. The highest BCUT2D eigenvalue weighted by molar-refractivity contribution is 5.75. The van der Waals surface area contributed by atoms with Crippen molar-refractivity contribution in [2.24, 2.45) is 7.05 Å². The molecule has 2 aromatic heterocycles. The van der Waals surface area contributed by atoms with Crippen LogP contribution in [0.4, 0.5) is 0 Å². The highest BCUT2D eigenvalue weighted by Crippen LogP contribution is 2.33. The second kappa shape index (κ2) is 6.85. The SMILES string of the molecule is Cn1c(CN2C[C@H](O)C[C@H]2c2nc(-c3ccccc3)no2)nc2ccccc21. The third-order valence-electron chi connectivity index (χ3n) is 5.36. The summed E-state index contributed by atoms with van der Waals surface area (Å²) < 4.78 is 7.66. The molecule has 0 amide bonds. The van der Waals surface area contributed by atoms with Crippen LogP contribution in [0.2, 0.25) is 0 Å². The first-order chi connectivity index (χ1) is 13.7. The van der Waals surface area contributed by atoms with E-state index in [1.165, 1.54) is 0 Å². The lowest BCUT2D eigenvalue weighted by Crippen LogP contribution is -2.26. The smallest absolute Gasteiger partial charge is 0.244 e. The quantitative estimate of drug-likeness (QED) is 0.591. The number of hydrogen-bond donors (Lipinski definition) is 1. The molecule has 28 heavy (non-hydrogen) atoms. The Labute approximate surface area is 162 Å². The fourth-order valence-corrected chi connectivity index (χ4v) is 3.90. The third kappa shape index (κ3) is 2.98. The van der Waals surface area contributed by atoms with Crippen molar-refractivity contribution in [3.05, 3.63) is 66.3 Å². The maximum atomic E-state index is 10.3. The van der Waals surface area contributed by atoms with E-state index in [2.05, 4.69) is 25.7 Å². The van der Waals surface area contributed by atoms with Gasteiger partial charge in [0.2, 0.25) is 11.7 Å². The summed E-state index contributed by atoms with van der Waals surface area (Å²) in [6.07, 6.45) is 0.146. The van der Waals surface area contributed by atoms with E-state index in [4.69, 9.17) is 9.51 Å². The lowest BCUT2D eigenvalue weighted by atomic mass is 10.2. The van der Waals surface area contributed by atoms with Crippen LogP contribution < -0.4 is 0 Å². The van der Waals surface area contributed by atoms with Crippen molar-refractivity contribution < 1.29 is 9.63 Å². The minimum atomic E-state index is -0.424. The predicted octanol–water partition coefficient (Wildman–Crippen LogP) is 2.93. The molecule has 0 aliphatic carbocycles. The molecule has 4 aromatic rings. The van der Waals surface area contributed by atoms with Gasteiger partial charge in [-0.15, -0.1) is 0 Å². The molecule has 0 radical (unpaired) electrons. The third-order valence-corrected chi connectivity index (χ3v) is 5.36. The van der Waals surface area contributed by atoms with Gasteiger partial charge in [-0.1, -0.05) is 47.6 Å². The summed E-state index contributed by atoms with van der Waals surface area (Å²) in [6, 6.07) is 17.7. The molecule has 0 bridgehead atoms. The number of aliphatic hydroxyl groups is 1. The standard InChI is InChI=1S/C21H21N5O2/c1-25-17-10-6-5-9-16(17)22-19(25)13-26-12-15(27)11-18(26)21-23-20(24-28-21)14-7-3-2-4-8-14/h2-10,15,18,27H,11-13H2,1H3/t15-,18+/m1/s1. The minimum absolute atomic E-state index is 0.125. The van der Waals surface area contributed by atoms with E-state index in [-0.39, 0.29) is 6.04 Å². The molecule has 1 fully saturated rings. The number of aliphatic hydroxyl groups excluding tert-OH is 1. The molecule has 3 heterocycles. The van der Waals surface area contributed by atoms with E-state index < -0.39 is 6.10 Å². The number of β-amino-alcohol motifs (C(OH)–C–C–N with tert-alkyl or cyclic N) is 1. The Morgan fingerprint density at radius 1 is 1.07 bits per heavy atom. The van der Waals surface area contributed by atoms with Crippen molar-refractivity contribution in [2.75, 3.05) is 6.54 Å². The Hall–Kier alpha value is -3.03. The van der Waals surface area contributed by atoms with Gasteiger partial charge in [0.25, 0.3) is 0 Å². The predicted molar refractivity (Wildman–Crippen MR) is 104 cm³/mol. The summed E-state index contributed by atoms with van der Waals surface area (Å²) in [5.74, 6) is 2.05. The van der Waals surface area contributed by atoms with Gasteiger partial charge in [-0.2, -0.15) is 4.98 Å². The number of aromatic nitrogens is 4. The fraction of sp³-hybridized carbons (Fsp3) is 0.286. The number of aryl methyl sites for hydroxylation is 1. The van der Waals surface area contributed by atoms with E-state index >= 15 is 0 Å². The summed E-state index contributed by atoms with van der Waals surface area (Å²) in [4.78, 5) is 11.5. The lowest BCUT2D eigenvalue weighted by Gasteiger charge is -2.20. The molecular formula is C21H21N5O2. The molecule has 142 valence electrons. The molecule has 0 spiro atoms. The second-order valence-corrected chi connectivity index (χ2v) is 7.23. The van der Waals surface area contributed by atoms with Gasteiger partial charge < -0.3 is 14.2 Å². The molecule has 0 unspecified atom stereocenters. The maximum absolute atomic E-state index is 10.3. The number of para-hydroxylation sites is 2. The Bertz CT molecular complexity index is 1100. The highest BCUT2D eigenvalue weighted by Gasteiger charge is 2.36. The Morgan fingerprint density at radius 3 is 2.68 bits per heavy atom. The highest BCUT2D eigenvalue weighted by atomic mass is 16.5. The van der Waals surface area contributed by atoms with Crippen LogP contribution in [0.15, 0.2) is 59.1 Å². The molecule has 2 aromatic carbocycles. The van der Waals surface area contributed by atoms with Gasteiger partial charge in [0.05, 0.1) is 29.7 Å². The summed E-state index contributed by atoms with van der Waals surface area (Å²) in [7, 11) is 2.02. The Morgan fingerprint density at radius 2 is 1.86 bits per heavy atom. The van der Waals surface area contributed by atoms with Crippen LogP contribution in [-0.4, -0.2) is 42.3 Å². The van der Waals surface area contributed by atoms with Crippen LogP contribution in [0.5, 0.6) is 0 Å². The molecule has 5 rings (SSSR count). The number of likely N-dealkylation sites (tertiary alicyclic amines) is 1. The average molecular weight is 375 g/mol. The number of nitrogens with zero attached hydrogens (tertiary/aromatic N) is 5. The monoisotopic (exact) mass is 375 g/mol. The number of benzene rings is 2. The first kappa shape index (κ1) is 17.1.